The second-order valence-corrected chi connectivity index (χ2v) is 9.23. The molecule has 3 aromatic rings. The molecule has 0 fully saturated rings. The van der Waals surface area contributed by atoms with Crippen LogP contribution in [-0.2, 0) is 10.0 Å². The predicted molar refractivity (Wildman–Crippen MR) is 106 cm³/mol. The van der Waals surface area contributed by atoms with Gasteiger partial charge in [0.1, 0.15) is 10.8 Å². The van der Waals surface area contributed by atoms with E-state index in [-0.39, 0.29) is 26.3 Å². The topological polar surface area (TPSA) is 92.3 Å². The van der Waals surface area contributed by atoms with Crippen LogP contribution in [0.5, 0.6) is 0 Å². The summed E-state index contributed by atoms with van der Waals surface area (Å²) >= 11 is 7.26. The Morgan fingerprint density at radius 3 is 2.46 bits per heavy atom. The van der Waals surface area contributed by atoms with Crippen LogP contribution < -0.4 is 9.62 Å². The minimum absolute atomic E-state index is 0.0249. The SMILES string of the molecule is Cc1nnc(NC(=O)c2cc(S(=O)(=O)N(C)c3ccc(F)cc3)ccc2Cl)s1. The molecule has 146 valence electrons. The number of carbonyl (C=O) groups excluding carboxylic acids is 1. The molecule has 0 saturated heterocycles. The molecule has 7 nitrogen and oxygen atoms in total. The van der Waals surface area contributed by atoms with Crippen LogP contribution >= 0.6 is 22.9 Å². The first-order valence-corrected chi connectivity index (χ1v) is 10.5. The summed E-state index contributed by atoms with van der Waals surface area (Å²) in [4.78, 5) is 12.4. The molecule has 0 radical (unpaired) electrons. The van der Waals surface area contributed by atoms with Gasteiger partial charge in [0, 0.05) is 7.05 Å². The van der Waals surface area contributed by atoms with Crippen molar-refractivity contribution in [2.45, 2.75) is 11.8 Å². The predicted octanol–water partition coefficient (Wildman–Crippen LogP) is 3.72. The van der Waals surface area contributed by atoms with E-state index in [1.54, 1.807) is 6.92 Å². The third-order valence-corrected chi connectivity index (χ3v) is 6.64. The molecule has 0 atom stereocenters. The van der Waals surface area contributed by atoms with Crippen LogP contribution in [0.2, 0.25) is 5.02 Å². The van der Waals surface area contributed by atoms with Gasteiger partial charge < -0.3 is 0 Å². The maximum Gasteiger partial charge on any atom is 0.264 e. The zero-order valence-electron chi connectivity index (χ0n) is 14.7. The van der Waals surface area contributed by atoms with Crippen molar-refractivity contribution in [2.75, 3.05) is 16.7 Å². The van der Waals surface area contributed by atoms with Crippen LogP contribution in [0.1, 0.15) is 15.4 Å². The number of aryl methyl sites for hydroxylation is 1. The Labute approximate surface area is 169 Å². The lowest BCUT2D eigenvalue weighted by atomic mass is 10.2. The van der Waals surface area contributed by atoms with Crippen LogP contribution in [0.25, 0.3) is 0 Å². The van der Waals surface area contributed by atoms with Gasteiger partial charge in [-0.3, -0.25) is 14.4 Å². The normalized spacial score (nSPS) is 11.3. The lowest BCUT2D eigenvalue weighted by Gasteiger charge is -2.20. The molecule has 0 spiro atoms. The standard InChI is InChI=1S/C17H14ClFN4O3S2/c1-10-21-22-17(27-10)20-16(24)14-9-13(7-8-15(14)18)28(25,26)23(2)12-5-3-11(19)4-6-12/h3-9H,1-2H3,(H,20,22,24). The Hall–Kier alpha value is -2.56. The zero-order chi connectivity index (χ0) is 20.5. The summed E-state index contributed by atoms with van der Waals surface area (Å²) in [6.45, 7) is 1.73. The van der Waals surface area contributed by atoms with Gasteiger partial charge >= 0.3 is 0 Å². The lowest BCUT2D eigenvalue weighted by molar-refractivity contribution is 0.102. The molecule has 2 aromatic carbocycles. The van der Waals surface area contributed by atoms with Gasteiger partial charge in [-0.25, -0.2) is 12.8 Å². The van der Waals surface area contributed by atoms with Crippen molar-refractivity contribution < 1.29 is 17.6 Å². The summed E-state index contributed by atoms with van der Waals surface area (Å²) in [6, 6.07) is 8.80. The number of anilines is 2. The number of rotatable bonds is 5. The third-order valence-electron chi connectivity index (χ3n) is 3.78. The Morgan fingerprint density at radius 1 is 1.18 bits per heavy atom. The summed E-state index contributed by atoms with van der Waals surface area (Å²) in [5.74, 6) is -1.09. The second kappa shape index (κ2) is 7.82. The van der Waals surface area contributed by atoms with Crippen LogP contribution in [0.4, 0.5) is 15.2 Å². The molecule has 1 heterocycles. The summed E-state index contributed by atoms with van der Waals surface area (Å²) in [6.07, 6.45) is 0. The maximum atomic E-state index is 13.1. The van der Waals surface area contributed by atoms with Crippen LogP contribution in [0.15, 0.2) is 47.4 Å². The minimum Gasteiger partial charge on any atom is -0.296 e. The summed E-state index contributed by atoms with van der Waals surface area (Å²) in [7, 11) is -2.67. The molecule has 0 unspecified atom stereocenters. The van der Waals surface area contributed by atoms with Crippen LogP contribution in [0.3, 0.4) is 0 Å². The molecule has 11 heteroatoms. The summed E-state index contributed by atoms with van der Waals surface area (Å²) < 4.78 is 39.9. The number of sulfonamides is 1. The van der Waals surface area contributed by atoms with Gasteiger partial charge in [0.15, 0.2) is 0 Å². The molecule has 3 rings (SSSR count). The Kier molecular flexibility index (Phi) is 5.64. The molecule has 0 saturated carbocycles. The largest absolute Gasteiger partial charge is 0.296 e. The highest BCUT2D eigenvalue weighted by Gasteiger charge is 2.24. The Balaban J connectivity index is 1.93. The quantitative estimate of drug-likeness (QED) is 0.652. The van der Waals surface area contributed by atoms with Crippen molar-refractivity contribution in [1.82, 2.24) is 10.2 Å². The van der Waals surface area contributed by atoms with Crippen molar-refractivity contribution in [2.24, 2.45) is 0 Å². The van der Waals surface area contributed by atoms with Gasteiger partial charge in [-0.15, -0.1) is 10.2 Å². The van der Waals surface area contributed by atoms with Gasteiger partial charge in [0.2, 0.25) is 5.13 Å². The smallest absolute Gasteiger partial charge is 0.264 e. The highest BCUT2D eigenvalue weighted by molar-refractivity contribution is 7.92. The second-order valence-electron chi connectivity index (χ2n) is 5.67. The molecule has 1 amide bonds. The average molecular weight is 441 g/mol. The lowest BCUT2D eigenvalue weighted by Crippen LogP contribution is -2.27. The van der Waals surface area contributed by atoms with Gasteiger partial charge in [0.05, 0.1) is 21.2 Å². The van der Waals surface area contributed by atoms with Gasteiger partial charge in [0.25, 0.3) is 15.9 Å². The fraction of sp³-hybridized carbons (Fsp3) is 0.118. The number of hydrogen-bond acceptors (Lipinski definition) is 6. The summed E-state index contributed by atoms with van der Waals surface area (Å²) in [5.41, 5.74) is 0.245. The summed E-state index contributed by atoms with van der Waals surface area (Å²) in [5, 5.41) is 11.2. The number of amides is 1. The average Bonchev–Trinajstić information content (AvgIpc) is 3.06. The fourth-order valence-corrected chi connectivity index (χ4v) is 4.31. The maximum absolute atomic E-state index is 13.1. The molecule has 1 aromatic heterocycles. The van der Waals surface area contributed by atoms with E-state index in [0.717, 1.165) is 16.4 Å². The number of aromatic nitrogens is 2. The number of hydrogen-bond donors (Lipinski definition) is 1. The molecule has 28 heavy (non-hydrogen) atoms. The first kappa shape index (κ1) is 20.2. The zero-order valence-corrected chi connectivity index (χ0v) is 17.1. The van der Waals surface area contributed by atoms with Crippen molar-refractivity contribution in [3.05, 3.63) is 63.9 Å². The first-order valence-electron chi connectivity index (χ1n) is 7.84. The number of nitrogens with one attached hydrogen (secondary N) is 1. The number of benzene rings is 2. The first-order chi connectivity index (χ1) is 13.2. The highest BCUT2D eigenvalue weighted by atomic mass is 35.5. The van der Waals surface area contributed by atoms with Gasteiger partial charge in [-0.2, -0.15) is 0 Å². The molecular formula is C17H14ClFN4O3S2. The van der Waals surface area contributed by atoms with E-state index in [0.29, 0.717) is 5.01 Å². The molecular weight excluding hydrogens is 427 g/mol. The van der Waals surface area contributed by atoms with E-state index < -0.39 is 21.7 Å². The van der Waals surface area contributed by atoms with Gasteiger partial charge in [-0.05, 0) is 49.4 Å². The van der Waals surface area contributed by atoms with Crippen molar-refractivity contribution >= 4 is 49.7 Å². The van der Waals surface area contributed by atoms with E-state index in [4.69, 9.17) is 11.6 Å². The molecule has 0 aliphatic heterocycles. The van der Waals surface area contributed by atoms with E-state index in [1.807, 2.05) is 0 Å². The van der Waals surface area contributed by atoms with E-state index in [1.165, 1.54) is 48.7 Å². The fourth-order valence-electron chi connectivity index (χ4n) is 2.30. The molecule has 1 N–H and O–H groups in total. The van der Waals surface area contributed by atoms with Crippen molar-refractivity contribution in [1.29, 1.82) is 0 Å². The molecule has 0 bridgehead atoms. The highest BCUT2D eigenvalue weighted by Crippen LogP contribution is 2.27. The van der Waals surface area contributed by atoms with Gasteiger partial charge in [-0.1, -0.05) is 22.9 Å². The number of nitrogens with zero attached hydrogens (tertiary/aromatic N) is 3. The van der Waals surface area contributed by atoms with E-state index in [9.17, 15) is 17.6 Å². The Morgan fingerprint density at radius 2 is 1.86 bits per heavy atom. The monoisotopic (exact) mass is 440 g/mol. The van der Waals surface area contributed by atoms with Crippen LogP contribution in [-0.4, -0.2) is 31.6 Å². The van der Waals surface area contributed by atoms with E-state index in [2.05, 4.69) is 15.5 Å². The van der Waals surface area contributed by atoms with Crippen LogP contribution in [0, 0.1) is 12.7 Å². The Bertz CT molecular complexity index is 1130. The minimum atomic E-state index is -4.00. The molecule has 0 aliphatic carbocycles. The third kappa shape index (κ3) is 4.13. The van der Waals surface area contributed by atoms with Crippen molar-refractivity contribution in [3.63, 3.8) is 0 Å². The van der Waals surface area contributed by atoms with E-state index >= 15 is 0 Å². The number of carbonyl (C=O) groups is 1. The van der Waals surface area contributed by atoms with Crippen molar-refractivity contribution in [3.8, 4) is 0 Å². The number of halogens is 2. The molecule has 0 aliphatic rings.